The molecule has 1 unspecified atom stereocenters. The van der Waals surface area contributed by atoms with Gasteiger partial charge >= 0.3 is 5.69 Å². The van der Waals surface area contributed by atoms with Crippen LogP contribution in [0.1, 0.15) is 6.92 Å². The summed E-state index contributed by atoms with van der Waals surface area (Å²) < 4.78 is 19.3. The molecule has 0 saturated carbocycles. The SMILES string of the molecule is CC1OC(n2cc(F)c(N)nc2=O)=CS1. The summed E-state index contributed by atoms with van der Waals surface area (Å²) in [5.41, 5.74) is 4.40. The third-order valence-corrected chi connectivity index (χ3v) is 2.61. The Morgan fingerprint density at radius 1 is 1.73 bits per heavy atom. The van der Waals surface area contributed by atoms with Crippen molar-refractivity contribution in [1.29, 1.82) is 0 Å². The zero-order valence-corrected chi connectivity index (χ0v) is 8.62. The maximum absolute atomic E-state index is 13.1. The molecule has 1 aliphatic rings. The van der Waals surface area contributed by atoms with Crippen LogP contribution < -0.4 is 11.4 Å². The van der Waals surface area contributed by atoms with Crippen molar-refractivity contribution in [1.82, 2.24) is 9.55 Å². The average molecular weight is 229 g/mol. The van der Waals surface area contributed by atoms with E-state index in [2.05, 4.69) is 4.98 Å². The largest absolute Gasteiger partial charge is 0.464 e. The molecule has 7 heteroatoms. The summed E-state index contributed by atoms with van der Waals surface area (Å²) in [4.78, 5) is 14.7. The van der Waals surface area contributed by atoms with E-state index in [0.29, 0.717) is 0 Å². The minimum atomic E-state index is -0.747. The first kappa shape index (κ1) is 10.0. The highest BCUT2D eigenvalue weighted by Gasteiger charge is 2.18. The predicted octanol–water partition coefficient (Wildman–Crippen LogP) is 0.830. The Morgan fingerprint density at radius 2 is 2.47 bits per heavy atom. The van der Waals surface area contributed by atoms with Crippen LogP contribution in [0.3, 0.4) is 0 Å². The third kappa shape index (κ3) is 1.82. The van der Waals surface area contributed by atoms with Crippen molar-refractivity contribution < 1.29 is 9.13 Å². The van der Waals surface area contributed by atoms with E-state index in [-0.39, 0.29) is 11.3 Å². The second-order valence-corrected chi connectivity index (χ2v) is 4.08. The number of nitrogens with zero attached hydrogens (tertiary/aromatic N) is 2. The zero-order chi connectivity index (χ0) is 11.0. The van der Waals surface area contributed by atoms with Gasteiger partial charge in [-0.15, -0.1) is 0 Å². The van der Waals surface area contributed by atoms with Crippen molar-refractivity contribution in [2.75, 3.05) is 5.73 Å². The summed E-state index contributed by atoms with van der Waals surface area (Å²) in [6.07, 6.45) is 0.967. The van der Waals surface area contributed by atoms with Crippen molar-refractivity contribution in [3.8, 4) is 0 Å². The third-order valence-electron chi connectivity index (χ3n) is 1.79. The Bertz CT molecular complexity index is 485. The van der Waals surface area contributed by atoms with Crippen LogP contribution in [0.5, 0.6) is 0 Å². The highest BCUT2D eigenvalue weighted by atomic mass is 32.2. The topological polar surface area (TPSA) is 70.1 Å². The molecule has 1 aromatic heterocycles. The lowest BCUT2D eigenvalue weighted by molar-refractivity contribution is 0.253. The van der Waals surface area contributed by atoms with Crippen molar-refractivity contribution in [2.24, 2.45) is 0 Å². The van der Waals surface area contributed by atoms with Crippen LogP contribution in [-0.2, 0) is 4.74 Å². The van der Waals surface area contributed by atoms with Gasteiger partial charge in [-0.1, -0.05) is 11.8 Å². The summed E-state index contributed by atoms with van der Waals surface area (Å²) in [5.74, 6) is -0.886. The average Bonchev–Trinajstić information content (AvgIpc) is 2.58. The van der Waals surface area contributed by atoms with Gasteiger partial charge in [0.2, 0.25) is 5.88 Å². The maximum atomic E-state index is 13.1. The summed E-state index contributed by atoms with van der Waals surface area (Å²) in [7, 11) is 0. The highest BCUT2D eigenvalue weighted by molar-refractivity contribution is 8.02. The molecule has 0 fully saturated rings. The van der Waals surface area contributed by atoms with Gasteiger partial charge < -0.3 is 10.5 Å². The lowest BCUT2D eigenvalue weighted by Crippen LogP contribution is -2.24. The number of anilines is 1. The molecule has 0 aromatic carbocycles. The quantitative estimate of drug-likeness (QED) is 0.772. The van der Waals surface area contributed by atoms with Gasteiger partial charge in [0.25, 0.3) is 0 Å². The predicted molar refractivity (Wildman–Crippen MR) is 55.3 cm³/mol. The van der Waals surface area contributed by atoms with Gasteiger partial charge in [-0.25, -0.2) is 13.8 Å². The van der Waals surface area contributed by atoms with Crippen molar-refractivity contribution in [3.63, 3.8) is 0 Å². The van der Waals surface area contributed by atoms with E-state index in [0.717, 1.165) is 10.8 Å². The first-order valence-corrected chi connectivity index (χ1v) is 5.09. The van der Waals surface area contributed by atoms with E-state index in [4.69, 9.17) is 10.5 Å². The first-order chi connectivity index (χ1) is 7.08. The fourth-order valence-electron chi connectivity index (χ4n) is 1.10. The first-order valence-electron chi connectivity index (χ1n) is 4.15. The second-order valence-electron chi connectivity index (χ2n) is 2.90. The van der Waals surface area contributed by atoms with Crippen LogP contribution in [0, 0.1) is 5.82 Å². The number of nitrogens with two attached hydrogens (primary N) is 1. The number of hydrogen-bond acceptors (Lipinski definition) is 5. The van der Waals surface area contributed by atoms with Gasteiger partial charge in [0, 0.05) is 5.41 Å². The van der Waals surface area contributed by atoms with E-state index in [1.165, 1.54) is 11.8 Å². The fourth-order valence-corrected chi connectivity index (χ4v) is 1.73. The molecule has 1 aromatic rings. The Balaban J connectivity index is 2.46. The molecule has 0 radical (unpaired) electrons. The monoisotopic (exact) mass is 229 g/mol. The smallest absolute Gasteiger partial charge is 0.356 e. The molecule has 0 bridgehead atoms. The van der Waals surface area contributed by atoms with Gasteiger partial charge in [-0.05, 0) is 6.92 Å². The molecule has 0 spiro atoms. The number of aromatic nitrogens is 2. The van der Waals surface area contributed by atoms with Crippen molar-refractivity contribution in [3.05, 3.63) is 27.9 Å². The number of nitrogen functional groups attached to an aromatic ring is 1. The number of hydrogen-bond donors (Lipinski definition) is 1. The summed E-state index contributed by atoms with van der Waals surface area (Å²) >= 11 is 1.39. The molecule has 1 atom stereocenters. The standard InChI is InChI=1S/C8H8FN3O2S/c1-4-14-6(3-15-4)12-2-5(9)7(10)11-8(12)13/h2-4H,1H3,(H2,10,11,13). The van der Waals surface area contributed by atoms with Gasteiger partial charge in [-0.3, -0.25) is 0 Å². The molecule has 2 rings (SSSR count). The van der Waals surface area contributed by atoms with Gasteiger partial charge in [-0.2, -0.15) is 4.98 Å². The molecular weight excluding hydrogens is 221 g/mol. The Kier molecular flexibility index (Phi) is 2.39. The molecule has 0 amide bonds. The van der Waals surface area contributed by atoms with Crippen molar-refractivity contribution >= 4 is 23.5 Å². The van der Waals surface area contributed by atoms with E-state index in [9.17, 15) is 9.18 Å². The van der Waals surface area contributed by atoms with Crippen LogP contribution in [0.2, 0.25) is 0 Å². The summed E-state index contributed by atoms with van der Waals surface area (Å²) in [6, 6.07) is 0. The summed E-state index contributed by atoms with van der Waals surface area (Å²) in [5, 5.41) is 1.63. The number of rotatable bonds is 1. The van der Waals surface area contributed by atoms with E-state index in [1.807, 2.05) is 6.92 Å². The van der Waals surface area contributed by atoms with Gasteiger partial charge in [0.15, 0.2) is 11.6 Å². The van der Waals surface area contributed by atoms with Gasteiger partial charge in [0.1, 0.15) is 5.44 Å². The molecule has 5 nitrogen and oxygen atoms in total. The second kappa shape index (κ2) is 3.58. The van der Waals surface area contributed by atoms with Crippen molar-refractivity contribution in [2.45, 2.75) is 12.4 Å². The minimum absolute atomic E-state index is 0.0903. The number of thioether (sulfide) groups is 1. The molecule has 15 heavy (non-hydrogen) atoms. The molecule has 1 aliphatic heterocycles. The fraction of sp³-hybridized carbons (Fsp3) is 0.250. The number of ether oxygens (including phenoxy) is 1. The zero-order valence-electron chi connectivity index (χ0n) is 7.81. The Morgan fingerprint density at radius 3 is 3.07 bits per heavy atom. The van der Waals surface area contributed by atoms with Crippen LogP contribution >= 0.6 is 11.8 Å². The van der Waals surface area contributed by atoms with Crippen LogP contribution in [0.4, 0.5) is 10.2 Å². The maximum Gasteiger partial charge on any atom is 0.356 e. The van der Waals surface area contributed by atoms with Crippen LogP contribution in [-0.4, -0.2) is 15.0 Å². The molecule has 0 aliphatic carbocycles. The normalized spacial score (nSPS) is 19.9. The highest BCUT2D eigenvalue weighted by Crippen LogP contribution is 2.28. The van der Waals surface area contributed by atoms with E-state index >= 15 is 0 Å². The van der Waals surface area contributed by atoms with E-state index in [1.54, 1.807) is 5.41 Å². The molecule has 2 N–H and O–H groups in total. The van der Waals surface area contributed by atoms with Crippen LogP contribution in [0.15, 0.2) is 16.4 Å². The Labute approximate surface area is 88.7 Å². The summed E-state index contributed by atoms with van der Waals surface area (Å²) in [6.45, 7) is 1.82. The van der Waals surface area contributed by atoms with E-state index < -0.39 is 17.3 Å². The lowest BCUT2D eigenvalue weighted by atomic mass is 10.5. The molecule has 2 heterocycles. The molecular formula is C8H8FN3O2S. The Hall–Kier alpha value is -1.50. The molecule has 80 valence electrons. The number of halogens is 1. The van der Waals surface area contributed by atoms with Gasteiger partial charge in [0.05, 0.1) is 6.20 Å². The minimum Gasteiger partial charge on any atom is -0.464 e. The lowest BCUT2D eigenvalue weighted by Gasteiger charge is -2.08. The molecule has 0 saturated heterocycles. The van der Waals surface area contributed by atoms with Crippen LogP contribution in [0.25, 0.3) is 5.88 Å².